The fourth-order valence-corrected chi connectivity index (χ4v) is 3.36. The molecule has 0 radical (unpaired) electrons. The number of carbonyl (C=O) groups is 2. The first kappa shape index (κ1) is 21.9. The lowest BCUT2D eigenvalue weighted by Gasteiger charge is -2.34. The molecule has 1 aliphatic heterocycles. The molecule has 6 nitrogen and oxygen atoms in total. The molecule has 0 aromatic heterocycles. The molecule has 1 fully saturated rings. The lowest BCUT2D eigenvalue weighted by atomic mass is 10.1. The van der Waals surface area contributed by atoms with Gasteiger partial charge in [-0.25, -0.2) is 0 Å². The summed E-state index contributed by atoms with van der Waals surface area (Å²) in [5.41, 5.74) is -1.10. The van der Waals surface area contributed by atoms with E-state index < -0.39 is 17.6 Å². The molecule has 1 heterocycles. The first-order valence-electron chi connectivity index (χ1n) is 9.11. The highest BCUT2D eigenvalue weighted by atomic mass is 35.5. The Morgan fingerprint density at radius 3 is 2.40 bits per heavy atom. The Hall–Kier alpha value is -2.78. The summed E-state index contributed by atoms with van der Waals surface area (Å²) in [6, 6.07) is 8.99. The van der Waals surface area contributed by atoms with Crippen molar-refractivity contribution < 1.29 is 27.9 Å². The molecule has 10 heteroatoms. The standard InChI is InChI=1S/C20H19ClF3N3O3/c21-13-5-6-17(28)14(11-13)19(30)27-9-7-26(8-10-27)12-18(29)25-16-4-2-1-3-15(16)20(22,23)24/h1-6,11,28H,7-10,12H2,(H,25,29). The van der Waals surface area contributed by atoms with Crippen LogP contribution in [0.3, 0.4) is 0 Å². The highest BCUT2D eigenvalue weighted by molar-refractivity contribution is 6.31. The van der Waals surface area contributed by atoms with E-state index in [9.17, 15) is 27.9 Å². The second-order valence-corrected chi connectivity index (χ2v) is 7.26. The topological polar surface area (TPSA) is 72.9 Å². The summed E-state index contributed by atoms with van der Waals surface area (Å²) in [5.74, 6) is -1.12. The largest absolute Gasteiger partial charge is 0.507 e. The summed E-state index contributed by atoms with van der Waals surface area (Å²) in [6.45, 7) is 1.23. The number of anilines is 1. The van der Waals surface area contributed by atoms with Crippen LogP contribution in [-0.2, 0) is 11.0 Å². The zero-order chi connectivity index (χ0) is 21.9. The van der Waals surface area contributed by atoms with Gasteiger partial charge in [0.1, 0.15) is 5.75 Å². The number of benzene rings is 2. The molecule has 2 N–H and O–H groups in total. The predicted molar refractivity (Wildman–Crippen MR) is 106 cm³/mol. The number of nitrogens with zero attached hydrogens (tertiary/aromatic N) is 2. The average Bonchev–Trinajstić information content (AvgIpc) is 2.69. The van der Waals surface area contributed by atoms with Gasteiger partial charge >= 0.3 is 6.18 Å². The van der Waals surface area contributed by atoms with E-state index in [1.165, 1.54) is 41.3 Å². The van der Waals surface area contributed by atoms with E-state index in [1.807, 2.05) is 0 Å². The Morgan fingerprint density at radius 1 is 1.07 bits per heavy atom. The summed E-state index contributed by atoms with van der Waals surface area (Å²) in [4.78, 5) is 28.1. The Balaban J connectivity index is 1.56. The monoisotopic (exact) mass is 441 g/mol. The van der Waals surface area contributed by atoms with Gasteiger partial charge in [-0.1, -0.05) is 23.7 Å². The smallest absolute Gasteiger partial charge is 0.418 e. The van der Waals surface area contributed by atoms with Crippen molar-refractivity contribution in [3.63, 3.8) is 0 Å². The second-order valence-electron chi connectivity index (χ2n) is 6.82. The minimum atomic E-state index is -4.57. The summed E-state index contributed by atoms with van der Waals surface area (Å²) in [7, 11) is 0. The summed E-state index contributed by atoms with van der Waals surface area (Å²) in [5, 5.41) is 12.5. The number of halogens is 4. The molecule has 2 amide bonds. The average molecular weight is 442 g/mol. The van der Waals surface area contributed by atoms with Gasteiger partial charge in [0.15, 0.2) is 0 Å². The Morgan fingerprint density at radius 2 is 1.73 bits per heavy atom. The summed E-state index contributed by atoms with van der Waals surface area (Å²) >= 11 is 5.88. The Labute approximate surface area is 175 Å². The van der Waals surface area contributed by atoms with E-state index in [4.69, 9.17) is 11.6 Å². The van der Waals surface area contributed by atoms with Gasteiger partial charge in [-0.05, 0) is 30.3 Å². The van der Waals surface area contributed by atoms with Gasteiger partial charge in [-0.2, -0.15) is 13.2 Å². The third kappa shape index (κ3) is 5.22. The van der Waals surface area contributed by atoms with Crippen LogP contribution in [-0.4, -0.2) is 59.4 Å². The Kier molecular flexibility index (Phi) is 6.52. The SMILES string of the molecule is O=C(CN1CCN(C(=O)c2cc(Cl)ccc2O)CC1)Nc1ccccc1C(F)(F)F. The normalized spacial score (nSPS) is 15.1. The predicted octanol–water partition coefficient (Wildman–Crippen LogP) is 3.46. The number of piperazine rings is 1. The number of hydrogen-bond donors (Lipinski definition) is 2. The van der Waals surface area contributed by atoms with E-state index in [-0.39, 0.29) is 29.5 Å². The van der Waals surface area contributed by atoms with Crippen molar-refractivity contribution in [3.8, 4) is 5.75 Å². The molecule has 3 rings (SSSR count). The second kappa shape index (κ2) is 8.93. The maximum atomic E-state index is 13.0. The van der Waals surface area contributed by atoms with Gasteiger partial charge in [0, 0.05) is 31.2 Å². The highest BCUT2D eigenvalue weighted by Crippen LogP contribution is 2.34. The first-order valence-corrected chi connectivity index (χ1v) is 9.49. The van der Waals surface area contributed by atoms with Gasteiger partial charge in [0.25, 0.3) is 5.91 Å². The molecule has 2 aromatic carbocycles. The molecule has 1 saturated heterocycles. The molecule has 1 aliphatic rings. The fraction of sp³-hybridized carbons (Fsp3) is 0.300. The zero-order valence-corrected chi connectivity index (χ0v) is 16.5. The minimum absolute atomic E-state index is 0.0949. The molecule has 0 aliphatic carbocycles. The van der Waals surface area contributed by atoms with Crippen molar-refractivity contribution in [2.24, 2.45) is 0 Å². The van der Waals surface area contributed by atoms with Crippen molar-refractivity contribution in [3.05, 3.63) is 58.6 Å². The van der Waals surface area contributed by atoms with Gasteiger partial charge in [-0.15, -0.1) is 0 Å². The molecular weight excluding hydrogens is 423 g/mol. The van der Waals surface area contributed by atoms with Crippen molar-refractivity contribution >= 4 is 29.1 Å². The maximum absolute atomic E-state index is 13.0. The third-order valence-electron chi connectivity index (χ3n) is 4.72. The number of para-hydroxylation sites is 1. The number of alkyl halides is 3. The number of rotatable bonds is 4. The zero-order valence-electron chi connectivity index (χ0n) is 15.7. The van der Waals surface area contributed by atoms with Crippen LogP contribution in [0.2, 0.25) is 5.02 Å². The van der Waals surface area contributed by atoms with Crippen molar-refractivity contribution in [1.29, 1.82) is 0 Å². The Bertz CT molecular complexity index is 944. The molecule has 160 valence electrons. The lowest BCUT2D eigenvalue weighted by Crippen LogP contribution is -2.50. The lowest BCUT2D eigenvalue weighted by molar-refractivity contribution is -0.137. The number of phenols is 1. The number of carbonyl (C=O) groups excluding carboxylic acids is 2. The first-order chi connectivity index (χ1) is 14.1. The van der Waals surface area contributed by atoms with Crippen molar-refractivity contribution in [1.82, 2.24) is 9.80 Å². The minimum Gasteiger partial charge on any atom is -0.507 e. The van der Waals surface area contributed by atoms with E-state index in [1.54, 1.807) is 4.90 Å². The van der Waals surface area contributed by atoms with Crippen molar-refractivity contribution in [2.75, 3.05) is 38.0 Å². The van der Waals surface area contributed by atoms with E-state index in [0.29, 0.717) is 31.2 Å². The molecular formula is C20H19ClF3N3O3. The maximum Gasteiger partial charge on any atom is 0.418 e. The van der Waals surface area contributed by atoms with Crippen LogP contribution in [0.5, 0.6) is 5.75 Å². The number of phenolic OH excluding ortho intramolecular Hbond substituents is 1. The number of hydrogen-bond acceptors (Lipinski definition) is 4. The van der Waals surface area contributed by atoms with Crippen LogP contribution in [0.25, 0.3) is 0 Å². The summed E-state index contributed by atoms with van der Waals surface area (Å²) in [6.07, 6.45) is -4.57. The van der Waals surface area contributed by atoms with Crippen LogP contribution >= 0.6 is 11.6 Å². The third-order valence-corrected chi connectivity index (χ3v) is 4.96. The molecule has 2 aromatic rings. The van der Waals surface area contributed by atoms with Crippen LogP contribution in [0, 0.1) is 0 Å². The number of nitrogens with one attached hydrogen (secondary N) is 1. The highest BCUT2D eigenvalue weighted by Gasteiger charge is 2.33. The molecule has 0 saturated carbocycles. The molecule has 0 atom stereocenters. The van der Waals surface area contributed by atoms with Crippen LogP contribution < -0.4 is 5.32 Å². The van der Waals surface area contributed by atoms with Crippen LogP contribution in [0.1, 0.15) is 15.9 Å². The van der Waals surface area contributed by atoms with E-state index in [2.05, 4.69) is 5.32 Å². The van der Waals surface area contributed by atoms with Crippen LogP contribution in [0.15, 0.2) is 42.5 Å². The summed E-state index contributed by atoms with van der Waals surface area (Å²) < 4.78 is 39.1. The number of amides is 2. The van der Waals surface area contributed by atoms with E-state index in [0.717, 1.165) is 6.07 Å². The fourth-order valence-electron chi connectivity index (χ4n) is 3.19. The molecule has 0 bridgehead atoms. The van der Waals surface area contributed by atoms with Gasteiger partial charge in [0.2, 0.25) is 5.91 Å². The number of aromatic hydroxyl groups is 1. The van der Waals surface area contributed by atoms with Gasteiger partial charge < -0.3 is 15.3 Å². The molecule has 0 spiro atoms. The molecule has 0 unspecified atom stereocenters. The van der Waals surface area contributed by atoms with Crippen LogP contribution in [0.4, 0.5) is 18.9 Å². The van der Waals surface area contributed by atoms with E-state index >= 15 is 0 Å². The quantitative estimate of drug-likeness (QED) is 0.762. The van der Waals surface area contributed by atoms with Gasteiger partial charge in [0.05, 0.1) is 23.4 Å². The van der Waals surface area contributed by atoms with Gasteiger partial charge in [-0.3, -0.25) is 14.5 Å². The van der Waals surface area contributed by atoms with Crippen molar-refractivity contribution in [2.45, 2.75) is 6.18 Å². The molecule has 30 heavy (non-hydrogen) atoms.